The van der Waals surface area contributed by atoms with Crippen LogP contribution in [0.5, 0.6) is 11.5 Å². The van der Waals surface area contributed by atoms with Gasteiger partial charge >= 0.3 is 5.69 Å². The zero-order valence-corrected chi connectivity index (χ0v) is 12.4. The molecule has 2 aromatic rings. The lowest BCUT2D eigenvalue weighted by atomic mass is 10.1. The van der Waals surface area contributed by atoms with E-state index in [4.69, 9.17) is 0 Å². The molecule has 2 aromatic carbocycles. The first kappa shape index (κ1) is 16.8. The van der Waals surface area contributed by atoms with Crippen LogP contribution in [0.2, 0.25) is 0 Å². The van der Waals surface area contributed by atoms with Crippen LogP contribution in [-0.4, -0.2) is 20.1 Å². The molecular formula is C14H12N4O6. The van der Waals surface area contributed by atoms with E-state index in [-0.39, 0.29) is 17.2 Å². The van der Waals surface area contributed by atoms with Gasteiger partial charge in [-0.3, -0.25) is 20.2 Å². The highest BCUT2D eigenvalue weighted by Gasteiger charge is 2.20. The smallest absolute Gasteiger partial charge is 0.303 e. The molecule has 10 nitrogen and oxygen atoms in total. The average Bonchev–Trinajstić information content (AvgIpc) is 2.52. The van der Waals surface area contributed by atoms with Crippen molar-refractivity contribution in [3.05, 3.63) is 62.2 Å². The molecule has 24 heavy (non-hydrogen) atoms. The molecule has 0 heterocycles. The number of benzene rings is 2. The molecule has 124 valence electrons. The van der Waals surface area contributed by atoms with Gasteiger partial charge in [0.1, 0.15) is 11.5 Å². The van der Waals surface area contributed by atoms with Gasteiger partial charge in [-0.25, -0.2) is 0 Å². The van der Waals surface area contributed by atoms with Gasteiger partial charge in [-0.1, -0.05) is 0 Å². The Hall–Kier alpha value is -3.56. The second-order valence-corrected chi connectivity index (χ2v) is 4.82. The van der Waals surface area contributed by atoms with Gasteiger partial charge in [0.15, 0.2) is 5.69 Å². The molecule has 0 aliphatic rings. The Kier molecular flexibility index (Phi) is 4.68. The second-order valence-electron chi connectivity index (χ2n) is 4.82. The fourth-order valence-corrected chi connectivity index (χ4v) is 1.95. The van der Waals surface area contributed by atoms with Crippen molar-refractivity contribution in [3.8, 4) is 11.5 Å². The Morgan fingerprint density at radius 3 is 2.33 bits per heavy atom. The number of azo groups is 1. The highest BCUT2D eigenvalue weighted by atomic mass is 16.6. The van der Waals surface area contributed by atoms with Crippen LogP contribution >= 0.6 is 0 Å². The highest BCUT2D eigenvalue weighted by molar-refractivity contribution is 5.61. The normalized spacial score (nSPS) is 12.2. The van der Waals surface area contributed by atoms with Gasteiger partial charge in [-0.05, 0) is 25.1 Å². The largest absolute Gasteiger partial charge is 0.508 e. The number of nitrogens with zero attached hydrogens (tertiary/aromatic N) is 4. The quantitative estimate of drug-likeness (QED) is 0.483. The summed E-state index contributed by atoms with van der Waals surface area (Å²) in [5.74, 6) is -0.314. The fraction of sp³-hybridized carbons (Fsp3) is 0.143. The van der Waals surface area contributed by atoms with Crippen molar-refractivity contribution in [1.82, 2.24) is 0 Å². The lowest BCUT2D eigenvalue weighted by Gasteiger charge is -2.08. The van der Waals surface area contributed by atoms with Gasteiger partial charge in [0.25, 0.3) is 5.69 Å². The van der Waals surface area contributed by atoms with Crippen molar-refractivity contribution in [1.29, 1.82) is 0 Å². The Labute approximate surface area is 135 Å². The maximum atomic E-state index is 11.0. The molecule has 0 saturated carbocycles. The van der Waals surface area contributed by atoms with E-state index in [2.05, 4.69) is 10.2 Å². The summed E-state index contributed by atoms with van der Waals surface area (Å²) in [6.45, 7) is 1.59. The molecule has 0 aliphatic carbocycles. The zero-order valence-electron chi connectivity index (χ0n) is 12.4. The number of non-ortho nitro benzene ring substituents is 1. The molecule has 0 amide bonds. The first-order valence-electron chi connectivity index (χ1n) is 6.65. The van der Waals surface area contributed by atoms with Crippen LogP contribution in [0.4, 0.5) is 17.1 Å². The Morgan fingerprint density at radius 1 is 1.04 bits per heavy atom. The van der Waals surface area contributed by atoms with Crippen molar-refractivity contribution in [3.63, 3.8) is 0 Å². The Morgan fingerprint density at radius 2 is 1.75 bits per heavy atom. The SMILES string of the molecule is CC(N=Nc1ccc([N+](=O)[O-])cc1[N+](=O)[O-])c1ccc(O)cc1O. The minimum absolute atomic E-state index is 0.119. The van der Waals surface area contributed by atoms with Crippen molar-refractivity contribution in [2.24, 2.45) is 10.2 Å². The number of phenolic OH excluding ortho intramolecular Hbond substituents is 2. The minimum Gasteiger partial charge on any atom is -0.508 e. The average molecular weight is 332 g/mol. The number of hydrogen-bond acceptors (Lipinski definition) is 8. The molecule has 0 aliphatic heterocycles. The molecule has 1 unspecified atom stereocenters. The predicted molar refractivity (Wildman–Crippen MR) is 82.5 cm³/mol. The maximum Gasteiger partial charge on any atom is 0.303 e. The van der Waals surface area contributed by atoms with Crippen molar-refractivity contribution >= 4 is 17.1 Å². The fourth-order valence-electron chi connectivity index (χ4n) is 1.95. The second kappa shape index (κ2) is 6.69. The van der Waals surface area contributed by atoms with E-state index >= 15 is 0 Å². The van der Waals surface area contributed by atoms with E-state index in [0.29, 0.717) is 5.56 Å². The monoisotopic (exact) mass is 332 g/mol. The molecule has 2 N–H and O–H groups in total. The molecule has 0 aromatic heterocycles. The number of rotatable bonds is 5. The number of phenols is 2. The van der Waals surface area contributed by atoms with E-state index in [1.807, 2.05) is 0 Å². The van der Waals surface area contributed by atoms with Crippen LogP contribution in [0.1, 0.15) is 18.5 Å². The third-order valence-electron chi connectivity index (χ3n) is 3.17. The van der Waals surface area contributed by atoms with Crippen LogP contribution in [0, 0.1) is 20.2 Å². The lowest BCUT2D eigenvalue weighted by Crippen LogP contribution is -1.93. The van der Waals surface area contributed by atoms with Gasteiger partial charge in [0.2, 0.25) is 0 Å². The summed E-state index contributed by atoms with van der Waals surface area (Å²) in [5, 5.41) is 48.3. The van der Waals surface area contributed by atoms with Crippen molar-refractivity contribution in [2.45, 2.75) is 13.0 Å². The summed E-state index contributed by atoms with van der Waals surface area (Å²) in [4.78, 5) is 20.2. The third kappa shape index (κ3) is 3.61. The number of nitro benzene ring substituents is 2. The first-order valence-corrected chi connectivity index (χ1v) is 6.65. The van der Waals surface area contributed by atoms with Crippen LogP contribution in [0.25, 0.3) is 0 Å². The van der Waals surface area contributed by atoms with Gasteiger partial charge < -0.3 is 10.2 Å². The molecule has 0 saturated heterocycles. The van der Waals surface area contributed by atoms with Crippen LogP contribution in [-0.2, 0) is 0 Å². The molecule has 0 spiro atoms. The van der Waals surface area contributed by atoms with Crippen molar-refractivity contribution < 1.29 is 20.1 Å². The van der Waals surface area contributed by atoms with Gasteiger partial charge in [-0.2, -0.15) is 5.11 Å². The number of nitro groups is 2. The Balaban J connectivity index is 2.34. The summed E-state index contributed by atoms with van der Waals surface area (Å²) >= 11 is 0. The van der Waals surface area contributed by atoms with E-state index in [0.717, 1.165) is 24.3 Å². The first-order chi connectivity index (χ1) is 11.3. The summed E-state index contributed by atoms with van der Waals surface area (Å²) in [7, 11) is 0. The number of aromatic hydroxyl groups is 2. The molecule has 2 rings (SSSR count). The van der Waals surface area contributed by atoms with Gasteiger partial charge in [0.05, 0.1) is 22.0 Å². The summed E-state index contributed by atoms with van der Waals surface area (Å²) < 4.78 is 0. The van der Waals surface area contributed by atoms with E-state index < -0.39 is 27.3 Å². The standard InChI is InChI=1S/C14H12N4O6/c1-8(11-4-3-10(19)7-14(11)20)15-16-12-5-2-9(17(21)22)6-13(12)18(23)24/h2-8,19-20H,1H3. The molecular weight excluding hydrogens is 320 g/mol. The summed E-state index contributed by atoms with van der Waals surface area (Å²) in [5.41, 5.74) is -0.753. The summed E-state index contributed by atoms with van der Waals surface area (Å²) in [6, 6.07) is 6.30. The lowest BCUT2D eigenvalue weighted by molar-refractivity contribution is -0.393. The van der Waals surface area contributed by atoms with E-state index in [1.54, 1.807) is 6.92 Å². The zero-order chi connectivity index (χ0) is 17.9. The molecule has 0 fully saturated rings. The third-order valence-corrected chi connectivity index (χ3v) is 3.17. The maximum absolute atomic E-state index is 11.0. The molecule has 1 atom stereocenters. The minimum atomic E-state index is -0.788. The highest BCUT2D eigenvalue weighted by Crippen LogP contribution is 2.34. The van der Waals surface area contributed by atoms with Crippen LogP contribution < -0.4 is 0 Å². The Bertz CT molecular complexity index is 836. The molecule has 10 heteroatoms. The topological polar surface area (TPSA) is 151 Å². The van der Waals surface area contributed by atoms with E-state index in [1.165, 1.54) is 12.1 Å². The van der Waals surface area contributed by atoms with Crippen molar-refractivity contribution in [2.75, 3.05) is 0 Å². The molecule has 0 bridgehead atoms. The van der Waals surface area contributed by atoms with Gasteiger partial charge in [0, 0.05) is 17.7 Å². The van der Waals surface area contributed by atoms with Gasteiger partial charge in [-0.15, -0.1) is 5.11 Å². The van der Waals surface area contributed by atoms with E-state index in [9.17, 15) is 30.4 Å². The molecule has 0 radical (unpaired) electrons. The van der Waals surface area contributed by atoms with Crippen LogP contribution in [0.15, 0.2) is 46.6 Å². The predicted octanol–water partition coefficient (Wildman–Crippen LogP) is 3.76. The summed E-state index contributed by atoms with van der Waals surface area (Å²) in [6.07, 6.45) is 0. The number of hydrogen-bond donors (Lipinski definition) is 2. The van der Waals surface area contributed by atoms with Crippen LogP contribution in [0.3, 0.4) is 0 Å².